The fraction of sp³-hybridized carbons (Fsp3) is 0.167. The molecule has 0 radical (unpaired) electrons. The molecule has 0 spiro atoms. The van der Waals surface area contributed by atoms with Crippen LogP contribution in [0.2, 0.25) is 0 Å². The lowest BCUT2D eigenvalue weighted by molar-refractivity contribution is 0.145. The fourth-order valence-corrected chi connectivity index (χ4v) is 1.76. The van der Waals surface area contributed by atoms with Gasteiger partial charge in [-0.3, -0.25) is 5.01 Å². The van der Waals surface area contributed by atoms with E-state index in [1.54, 1.807) is 6.21 Å². The van der Waals surface area contributed by atoms with Gasteiger partial charge in [-0.15, -0.1) is 6.58 Å². The molecule has 1 unspecified atom stereocenters. The van der Waals surface area contributed by atoms with Crippen molar-refractivity contribution in [2.75, 3.05) is 18.7 Å². The summed E-state index contributed by atoms with van der Waals surface area (Å²) in [6, 6.07) is 17.5. The molecule has 22 heavy (non-hydrogen) atoms. The van der Waals surface area contributed by atoms with Crippen molar-refractivity contribution in [3.8, 4) is 5.75 Å². The largest absolute Gasteiger partial charge is 0.491 e. The fourth-order valence-electron chi connectivity index (χ4n) is 1.76. The third kappa shape index (κ3) is 4.75. The van der Waals surface area contributed by atoms with E-state index in [2.05, 4.69) is 11.7 Å². The van der Waals surface area contributed by atoms with Crippen molar-refractivity contribution in [3.05, 3.63) is 72.8 Å². The molecular formula is C18H20N2O2. The molecule has 0 aromatic heterocycles. The number of rotatable bonds is 7. The van der Waals surface area contributed by atoms with E-state index in [1.807, 2.05) is 66.7 Å². The van der Waals surface area contributed by atoms with Crippen LogP contribution in [0.4, 0.5) is 5.69 Å². The zero-order valence-corrected chi connectivity index (χ0v) is 12.6. The van der Waals surface area contributed by atoms with Crippen molar-refractivity contribution in [2.24, 2.45) is 5.10 Å². The Labute approximate surface area is 131 Å². The van der Waals surface area contributed by atoms with Crippen LogP contribution in [0.1, 0.15) is 5.56 Å². The SMILES string of the molecule is C=CC(O)COc1ccc(C=NN(C)c2ccccc2)cc1. The molecule has 1 atom stereocenters. The molecular weight excluding hydrogens is 276 g/mol. The summed E-state index contributed by atoms with van der Waals surface area (Å²) >= 11 is 0. The highest BCUT2D eigenvalue weighted by molar-refractivity contribution is 5.80. The molecule has 0 amide bonds. The van der Waals surface area contributed by atoms with Crippen molar-refractivity contribution in [3.63, 3.8) is 0 Å². The molecule has 0 aliphatic carbocycles. The van der Waals surface area contributed by atoms with E-state index in [1.165, 1.54) is 6.08 Å². The van der Waals surface area contributed by atoms with Crippen molar-refractivity contribution in [2.45, 2.75) is 6.10 Å². The van der Waals surface area contributed by atoms with Crippen LogP contribution in [-0.2, 0) is 0 Å². The molecule has 0 saturated heterocycles. The maximum absolute atomic E-state index is 9.36. The average Bonchev–Trinajstić information content (AvgIpc) is 2.59. The van der Waals surface area contributed by atoms with E-state index in [0.717, 1.165) is 11.3 Å². The summed E-state index contributed by atoms with van der Waals surface area (Å²) in [6.07, 6.45) is 2.58. The number of benzene rings is 2. The van der Waals surface area contributed by atoms with Gasteiger partial charge in [0.2, 0.25) is 0 Å². The number of hydrogen-bond donors (Lipinski definition) is 1. The normalized spacial score (nSPS) is 12.1. The molecule has 0 fully saturated rings. The van der Waals surface area contributed by atoms with Crippen LogP contribution >= 0.6 is 0 Å². The van der Waals surface area contributed by atoms with Crippen LogP contribution in [0.3, 0.4) is 0 Å². The number of hydrazone groups is 1. The highest BCUT2D eigenvalue weighted by Crippen LogP contribution is 2.13. The molecule has 4 nitrogen and oxygen atoms in total. The number of para-hydroxylation sites is 1. The Morgan fingerprint density at radius 2 is 1.86 bits per heavy atom. The highest BCUT2D eigenvalue weighted by atomic mass is 16.5. The van der Waals surface area contributed by atoms with E-state index in [0.29, 0.717) is 5.75 Å². The lowest BCUT2D eigenvalue weighted by Gasteiger charge is -2.12. The van der Waals surface area contributed by atoms with Crippen molar-refractivity contribution < 1.29 is 9.84 Å². The third-order valence-electron chi connectivity index (χ3n) is 3.08. The molecule has 2 aromatic carbocycles. The quantitative estimate of drug-likeness (QED) is 0.485. The van der Waals surface area contributed by atoms with Crippen molar-refractivity contribution in [1.29, 1.82) is 0 Å². The summed E-state index contributed by atoms with van der Waals surface area (Å²) in [5.74, 6) is 0.703. The van der Waals surface area contributed by atoms with Crippen molar-refractivity contribution in [1.82, 2.24) is 0 Å². The van der Waals surface area contributed by atoms with Gasteiger partial charge in [-0.05, 0) is 42.0 Å². The maximum Gasteiger partial charge on any atom is 0.119 e. The Morgan fingerprint density at radius 3 is 2.50 bits per heavy atom. The van der Waals surface area contributed by atoms with Gasteiger partial charge >= 0.3 is 0 Å². The number of anilines is 1. The van der Waals surface area contributed by atoms with E-state index >= 15 is 0 Å². The molecule has 0 aliphatic heterocycles. The zero-order valence-electron chi connectivity index (χ0n) is 12.6. The summed E-state index contributed by atoms with van der Waals surface area (Å²) in [4.78, 5) is 0. The predicted molar refractivity (Wildman–Crippen MR) is 90.6 cm³/mol. The van der Waals surface area contributed by atoms with Crippen LogP contribution in [-0.4, -0.2) is 31.1 Å². The number of hydrogen-bond acceptors (Lipinski definition) is 4. The molecule has 0 bridgehead atoms. The topological polar surface area (TPSA) is 45.1 Å². The van der Waals surface area contributed by atoms with Gasteiger partial charge < -0.3 is 9.84 Å². The molecule has 2 rings (SSSR count). The maximum atomic E-state index is 9.36. The molecule has 2 aromatic rings. The van der Waals surface area contributed by atoms with Gasteiger partial charge in [0.05, 0.1) is 11.9 Å². The lowest BCUT2D eigenvalue weighted by atomic mass is 10.2. The summed E-state index contributed by atoms with van der Waals surface area (Å²) in [7, 11) is 1.90. The highest BCUT2D eigenvalue weighted by Gasteiger charge is 2.00. The number of aliphatic hydroxyl groups excluding tert-OH is 1. The molecule has 4 heteroatoms. The third-order valence-corrected chi connectivity index (χ3v) is 3.08. The second-order valence-electron chi connectivity index (χ2n) is 4.79. The predicted octanol–water partition coefficient (Wildman–Crippen LogP) is 3.08. The van der Waals surface area contributed by atoms with Gasteiger partial charge in [-0.1, -0.05) is 24.3 Å². The summed E-state index contributed by atoms with van der Waals surface area (Å²) < 4.78 is 5.43. The minimum absolute atomic E-state index is 0.202. The molecule has 0 saturated carbocycles. The average molecular weight is 296 g/mol. The van der Waals surface area contributed by atoms with E-state index < -0.39 is 6.10 Å². The number of nitrogens with zero attached hydrogens (tertiary/aromatic N) is 2. The summed E-state index contributed by atoms with van der Waals surface area (Å²) in [5.41, 5.74) is 2.00. The lowest BCUT2D eigenvalue weighted by Crippen LogP contribution is -2.14. The van der Waals surface area contributed by atoms with Gasteiger partial charge in [0.1, 0.15) is 18.5 Å². The first kappa shape index (κ1) is 15.8. The smallest absolute Gasteiger partial charge is 0.119 e. The van der Waals surface area contributed by atoms with Gasteiger partial charge in [0.15, 0.2) is 0 Å². The summed E-state index contributed by atoms with van der Waals surface area (Å²) in [6.45, 7) is 3.70. The van der Waals surface area contributed by atoms with Crippen LogP contribution in [0.15, 0.2) is 72.4 Å². The monoisotopic (exact) mass is 296 g/mol. The molecule has 0 aliphatic rings. The number of ether oxygens (including phenoxy) is 1. The van der Waals surface area contributed by atoms with E-state index in [4.69, 9.17) is 4.74 Å². The van der Waals surface area contributed by atoms with E-state index in [-0.39, 0.29) is 6.61 Å². The molecule has 0 heterocycles. The second kappa shape index (κ2) is 8.00. The van der Waals surface area contributed by atoms with Gasteiger partial charge in [-0.25, -0.2) is 0 Å². The minimum atomic E-state index is -0.652. The van der Waals surface area contributed by atoms with Crippen LogP contribution in [0.25, 0.3) is 0 Å². The van der Waals surface area contributed by atoms with Gasteiger partial charge in [-0.2, -0.15) is 5.10 Å². The Balaban J connectivity index is 1.93. The Bertz CT molecular complexity index is 609. The first-order chi connectivity index (χ1) is 10.7. The van der Waals surface area contributed by atoms with Gasteiger partial charge in [0, 0.05) is 7.05 Å². The standard InChI is InChI=1S/C18H20N2O2/c1-3-17(21)14-22-18-11-9-15(10-12-18)13-19-20(2)16-7-5-4-6-8-16/h3-13,17,21H,1,14H2,2H3. The minimum Gasteiger partial charge on any atom is -0.491 e. The van der Waals surface area contributed by atoms with Crippen molar-refractivity contribution >= 4 is 11.9 Å². The molecule has 1 N–H and O–H groups in total. The first-order valence-electron chi connectivity index (χ1n) is 7.05. The second-order valence-corrected chi connectivity index (χ2v) is 4.79. The van der Waals surface area contributed by atoms with Crippen LogP contribution < -0.4 is 9.75 Å². The Hall–Kier alpha value is -2.59. The molecule has 114 valence electrons. The van der Waals surface area contributed by atoms with Crippen LogP contribution in [0.5, 0.6) is 5.75 Å². The first-order valence-corrected chi connectivity index (χ1v) is 7.05. The van der Waals surface area contributed by atoms with Gasteiger partial charge in [0.25, 0.3) is 0 Å². The number of aliphatic hydroxyl groups is 1. The Morgan fingerprint density at radius 1 is 1.18 bits per heavy atom. The van der Waals surface area contributed by atoms with E-state index in [9.17, 15) is 5.11 Å². The Kier molecular flexibility index (Phi) is 5.74. The van der Waals surface area contributed by atoms with Crippen LogP contribution in [0, 0.1) is 0 Å². The zero-order chi connectivity index (χ0) is 15.8. The summed E-state index contributed by atoms with van der Waals surface area (Å²) in [5, 5.41) is 15.6.